The number of carbonyl (C=O) groups is 1. The molecule has 4 heteroatoms. The van der Waals surface area contributed by atoms with Gasteiger partial charge in [-0.05, 0) is 37.8 Å². The SMILES string of the molecule is Cc1cccc(C(=O)O)c1OCC1CCCCO1. The molecule has 4 nitrogen and oxygen atoms in total. The van der Waals surface area contributed by atoms with Crippen molar-refractivity contribution in [2.75, 3.05) is 13.2 Å². The largest absolute Gasteiger partial charge is 0.490 e. The topological polar surface area (TPSA) is 55.8 Å². The van der Waals surface area contributed by atoms with Crippen LogP contribution in [0.1, 0.15) is 35.2 Å². The van der Waals surface area contributed by atoms with Crippen molar-refractivity contribution < 1.29 is 19.4 Å². The van der Waals surface area contributed by atoms with Gasteiger partial charge in [-0.1, -0.05) is 12.1 Å². The van der Waals surface area contributed by atoms with Crippen molar-refractivity contribution in [2.45, 2.75) is 32.3 Å². The van der Waals surface area contributed by atoms with Crippen LogP contribution < -0.4 is 4.74 Å². The van der Waals surface area contributed by atoms with Gasteiger partial charge in [0, 0.05) is 6.61 Å². The fourth-order valence-electron chi connectivity index (χ4n) is 2.13. The lowest BCUT2D eigenvalue weighted by atomic mass is 10.1. The molecule has 1 atom stereocenters. The highest BCUT2D eigenvalue weighted by atomic mass is 16.5. The number of benzene rings is 1. The Hall–Kier alpha value is -1.55. The highest BCUT2D eigenvalue weighted by molar-refractivity contribution is 5.91. The van der Waals surface area contributed by atoms with Crippen LogP contribution >= 0.6 is 0 Å². The Kier molecular flexibility index (Phi) is 4.20. The van der Waals surface area contributed by atoms with Gasteiger partial charge in [-0.3, -0.25) is 0 Å². The molecule has 0 saturated carbocycles. The summed E-state index contributed by atoms with van der Waals surface area (Å²) in [7, 11) is 0. The molecule has 1 aromatic carbocycles. The summed E-state index contributed by atoms with van der Waals surface area (Å²) in [5.41, 5.74) is 1.05. The molecule has 1 aliphatic rings. The number of hydrogen-bond acceptors (Lipinski definition) is 3. The predicted octanol–water partition coefficient (Wildman–Crippen LogP) is 2.64. The Labute approximate surface area is 107 Å². The first-order valence-electron chi connectivity index (χ1n) is 6.26. The highest BCUT2D eigenvalue weighted by Crippen LogP contribution is 2.24. The van der Waals surface area contributed by atoms with E-state index in [1.807, 2.05) is 13.0 Å². The number of ether oxygens (including phenoxy) is 2. The van der Waals surface area contributed by atoms with Crippen molar-refractivity contribution in [1.82, 2.24) is 0 Å². The van der Waals surface area contributed by atoms with E-state index in [0.717, 1.165) is 31.4 Å². The Morgan fingerprint density at radius 2 is 2.33 bits per heavy atom. The van der Waals surface area contributed by atoms with Crippen LogP contribution in [0.4, 0.5) is 0 Å². The van der Waals surface area contributed by atoms with E-state index in [1.54, 1.807) is 12.1 Å². The molecule has 1 aliphatic heterocycles. The molecule has 1 unspecified atom stereocenters. The second-order valence-corrected chi connectivity index (χ2v) is 4.56. The maximum atomic E-state index is 11.1. The minimum atomic E-state index is -0.960. The van der Waals surface area contributed by atoms with Gasteiger partial charge in [0.1, 0.15) is 17.9 Å². The monoisotopic (exact) mass is 250 g/mol. The Balaban J connectivity index is 2.05. The lowest BCUT2D eigenvalue weighted by Crippen LogP contribution is -2.26. The van der Waals surface area contributed by atoms with E-state index in [-0.39, 0.29) is 11.7 Å². The fourth-order valence-corrected chi connectivity index (χ4v) is 2.13. The molecular formula is C14H18O4. The molecule has 1 N–H and O–H groups in total. The summed E-state index contributed by atoms with van der Waals surface area (Å²) in [5.74, 6) is -0.502. The molecule has 98 valence electrons. The molecule has 1 aromatic rings. The molecule has 0 bridgehead atoms. The molecular weight excluding hydrogens is 232 g/mol. The standard InChI is InChI=1S/C14H18O4/c1-10-5-4-7-12(14(15)16)13(10)18-9-11-6-2-3-8-17-11/h4-5,7,11H,2-3,6,8-9H2,1H3,(H,15,16). The van der Waals surface area contributed by atoms with Crippen molar-refractivity contribution in [3.8, 4) is 5.75 Å². The van der Waals surface area contributed by atoms with Crippen LogP contribution in [0.25, 0.3) is 0 Å². The molecule has 1 heterocycles. The normalized spacial score (nSPS) is 19.5. The Bertz CT molecular complexity index is 422. The highest BCUT2D eigenvalue weighted by Gasteiger charge is 2.18. The predicted molar refractivity (Wildman–Crippen MR) is 67.2 cm³/mol. The maximum absolute atomic E-state index is 11.1. The summed E-state index contributed by atoms with van der Waals surface area (Å²) in [6, 6.07) is 5.14. The van der Waals surface area contributed by atoms with Gasteiger partial charge in [0.25, 0.3) is 0 Å². The number of carboxylic acid groups (broad SMARTS) is 1. The van der Waals surface area contributed by atoms with E-state index in [1.165, 1.54) is 0 Å². The average molecular weight is 250 g/mol. The van der Waals surface area contributed by atoms with E-state index in [9.17, 15) is 4.79 Å². The molecule has 18 heavy (non-hydrogen) atoms. The zero-order valence-corrected chi connectivity index (χ0v) is 10.5. The second-order valence-electron chi connectivity index (χ2n) is 4.56. The molecule has 0 radical (unpaired) electrons. The van der Waals surface area contributed by atoms with Gasteiger partial charge in [-0.15, -0.1) is 0 Å². The van der Waals surface area contributed by atoms with Crippen LogP contribution in [0.15, 0.2) is 18.2 Å². The molecule has 1 fully saturated rings. The van der Waals surface area contributed by atoms with Crippen molar-refractivity contribution in [2.24, 2.45) is 0 Å². The van der Waals surface area contributed by atoms with E-state index in [0.29, 0.717) is 12.4 Å². The molecule has 2 rings (SSSR count). The first-order chi connectivity index (χ1) is 8.68. The van der Waals surface area contributed by atoms with E-state index in [2.05, 4.69) is 0 Å². The first-order valence-corrected chi connectivity index (χ1v) is 6.26. The minimum Gasteiger partial charge on any atom is -0.490 e. The van der Waals surface area contributed by atoms with Crippen LogP contribution in [-0.2, 0) is 4.74 Å². The van der Waals surface area contributed by atoms with Gasteiger partial charge in [-0.25, -0.2) is 4.79 Å². The minimum absolute atomic E-state index is 0.0833. The fraction of sp³-hybridized carbons (Fsp3) is 0.500. The van der Waals surface area contributed by atoms with Crippen LogP contribution in [0.5, 0.6) is 5.75 Å². The summed E-state index contributed by atoms with van der Waals surface area (Å²) in [6.45, 7) is 3.04. The van der Waals surface area contributed by atoms with E-state index >= 15 is 0 Å². The van der Waals surface area contributed by atoms with Gasteiger partial charge in [-0.2, -0.15) is 0 Å². The number of para-hydroxylation sites is 1. The zero-order chi connectivity index (χ0) is 13.0. The average Bonchev–Trinajstić information content (AvgIpc) is 2.38. The van der Waals surface area contributed by atoms with Gasteiger partial charge in [0.05, 0.1) is 6.10 Å². The van der Waals surface area contributed by atoms with Crippen molar-refractivity contribution in [3.63, 3.8) is 0 Å². The third-order valence-corrected chi connectivity index (χ3v) is 3.13. The third-order valence-electron chi connectivity index (χ3n) is 3.13. The van der Waals surface area contributed by atoms with Gasteiger partial charge in [0.2, 0.25) is 0 Å². The lowest BCUT2D eigenvalue weighted by Gasteiger charge is -2.23. The quantitative estimate of drug-likeness (QED) is 0.892. The molecule has 0 aliphatic carbocycles. The lowest BCUT2D eigenvalue weighted by molar-refractivity contribution is -0.0114. The van der Waals surface area contributed by atoms with Crippen LogP contribution in [0.2, 0.25) is 0 Å². The van der Waals surface area contributed by atoms with Crippen molar-refractivity contribution >= 4 is 5.97 Å². The second kappa shape index (κ2) is 5.87. The number of aryl methyl sites for hydroxylation is 1. The number of rotatable bonds is 4. The van der Waals surface area contributed by atoms with Crippen LogP contribution in [-0.4, -0.2) is 30.4 Å². The van der Waals surface area contributed by atoms with E-state index in [4.69, 9.17) is 14.6 Å². The summed E-state index contributed by atoms with van der Waals surface area (Å²) >= 11 is 0. The third kappa shape index (κ3) is 3.01. The summed E-state index contributed by atoms with van der Waals surface area (Å²) in [4.78, 5) is 11.1. The molecule has 0 spiro atoms. The van der Waals surface area contributed by atoms with Crippen molar-refractivity contribution in [1.29, 1.82) is 0 Å². The zero-order valence-electron chi connectivity index (χ0n) is 10.5. The number of carboxylic acids is 1. The van der Waals surface area contributed by atoms with Gasteiger partial charge >= 0.3 is 5.97 Å². The molecule has 1 saturated heterocycles. The maximum Gasteiger partial charge on any atom is 0.339 e. The summed E-state index contributed by atoms with van der Waals surface area (Å²) < 4.78 is 11.2. The van der Waals surface area contributed by atoms with Crippen LogP contribution in [0.3, 0.4) is 0 Å². The van der Waals surface area contributed by atoms with Crippen molar-refractivity contribution in [3.05, 3.63) is 29.3 Å². The van der Waals surface area contributed by atoms with Gasteiger partial charge < -0.3 is 14.6 Å². The summed E-state index contributed by atoms with van der Waals surface area (Å²) in [5, 5.41) is 9.12. The van der Waals surface area contributed by atoms with Gasteiger partial charge in [0.15, 0.2) is 0 Å². The summed E-state index contributed by atoms with van der Waals surface area (Å²) in [6.07, 6.45) is 3.31. The smallest absolute Gasteiger partial charge is 0.339 e. The molecule has 0 aromatic heterocycles. The van der Waals surface area contributed by atoms with Crippen LogP contribution in [0, 0.1) is 6.92 Å². The molecule has 0 amide bonds. The number of hydrogen-bond donors (Lipinski definition) is 1. The van der Waals surface area contributed by atoms with E-state index < -0.39 is 5.97 Å². The number of aromatic carboxylic acids is 1. The Morgan fingerprint density at radius 3 is 3.00 bits per heavy atom. The Morgan fingerprint density at radius 1 is 1.50 bits per heavy atom. The first kappa shape index (κ1) is 12.9.